The number of aromatic nitrogens is 1. The Bertz CT molecular complexity index is 1750. The van der Waals surface area contributed by atoms with Crippen molar-refractivity contribution in [2.75, 3.05) is 11.5 Å². The minimum Gasteiger partial charge on any atom is -0.494 e. The number of nitro groups is 1. The van der Waals surface area contributed by atoms with E-state index in [1.54, 1.807) is 18.2 Å². The molecule has 202 valence electrons. The summed E-state index contributed by atoms with van der Waals surface area (Å²) in [5.41, 5.74) is 3.13. The van der Waals surface area contributed by atoms with Crippen LogP contribution in [-0.4, -0.2) is 33.4 Å². The number of rotatable bonds is 7. The van der Waals surface area contributed by atoms with Crippen molar-refractivity contribution in [1.29, 1.82) is 0 Å². The molecular formula is C28H22N4O5S3. The zero-order valence-electron chi connectivity index (χ0n) is 21.6. The molecule has 40 heavy (non-hydrogen) atoms. The topological polar surface area (TPSA) is 115 Å². The maximum Gasteiger partial charge on any atom is 0.283 e. The molecule has 5 rings (SSSR count). The predicted octanol–water partition coefficient (Wildman–Crippen LogP) is 6.20. The fraction of sp³-hybridized carbons (Fsp3) is 0.143. The van der Waals surface area contributed by atoms with E-state index in [-0.39, 0.29) is 16.4 Å². The summed E-state index contributed by atoms with van der Waals surface area (Å²) in [6.07, 6.45) is 1.34. The van der Waals surface area contributed by atoms with Gasteiger partial charge in [0, 0.05) is 6.07 Å². The van der Waals surface area contributed by atoms with E-state index in [9.17, 15) is 19.7 Å². The van der Waals surface area contributed by atoms with Gasteiger partial charge in [-0.05, 0) is 80.5 Å². The van der Waals surface area contributed by atoms with E-state index >= 15 is 0 Å². The normalized spacial score (nSPS) is 14.6. The lowest BCUT2D eigenvalue weighted by molar-refractivity contribution is -0.387. The number of hydrogen-bond acceptors (Lipinski definition) is 9. The van der Waals surface area contributed by atoms with E-state index in [0.717, 1.165) is 27.1 Å². The van der Waals surface area contributed by atoms with Gasteiger partial charge in [-0.1, -0.05) is 35.5 Å². The molecule has 2 amide bonds. The number of carbonyl (C=O) groups excluding carboxylic acids is 2. The second kappa shape index (κ2) is 11.2. The third kappa shape index (κ3) is 5.46. The molecule has 3 aromatic carbocycles. The van der Waals surface area contributed by atoms with Gasteiger partial charge < -0.3 is 4.74 Å². The summed E-state index contributed by atoms with van der Waals surface area (Å²) >= 11 is 7.88. The molecular weight excluding hydrogens is 569 g/mol. The van der Waals surface area contributed by atoms with Crippen LogP contribution >= 0.6 is 35.3 Å². The standard InChI is InChI=1S/C28H22N4O5S3/c1-4-37-18-7-8-20-24(14-18)40-28(29-20)39-23-10-6-17(13-22(23)32(35)36)12-19-25(33)30-27(38)31(26(19)34)21-9-5-15(2)11-16(21)3/h5-14H,4H2,1-3H3,(H,30,33,38)/b19-12+. The molecule has 2 heterocycles. The molecule has 0 atom stereocenters. The van der Waals surface area contributed by atoms with Gasteiger partial charge in [0.1, 0.15) is 11.3 Å². The Labute approximate surface area is 243 Å². The Morgan fingerprint density at radius 2 is 1.95 bits per heavy atom. The monoisotopic (exact) mass is 590 g/mol. The average molecular weight is 591 g/mol. The highest BCUT2D eigenvalue weighted by Gasteiger charge is 2.35. The van der Waals surface area contributed by atoms with Crippen LogP contribution in [0, 0.1) is 24.0 Å². The lowest BCUT2D eigenvalue weighted by Crippen LogP contribution is -2.54. The van der Waals surface area contributed by atoms with Crippen LogP contribution in [0.15, 0.2) is 69.4 Å². The first kappa shape index (κ1) is 27.4. The molecule has 1 aromatic heterocycles. The van der Waals surface area contributed by atoms with E-state index < -0.39 is 16.7 Å². The molecule has 12 heteroatoms. The van der Waals surface area contributed by atoms with Crippen molar-refractivity contribution >= 4 is 79.9 Å². The molecule has 1 N–H and O–H groups in total. The molecule has 0 unspecified atom stereocenters. The number of nitro benzene ring substituents is 1. The number of ether oxygens (including phenoxy) is 1. The molecule has 1 fully saturated rings. The summed E-state index contributed by atoms with van der Waals surface area (Å²) in [7, 11) is 0. The molecule has 1 aliphatic heterocycles. The molecule has 1 aliphatic rings. The number of anilines is 1. The van der Waals surface area contributed by atoms with E-state index in [4.69, 9.17) is 17.0 Å². The van der Waals surface area contributed by atoms with E-state index in [0.29, 0.717) is 27.1 Å². The lowest BCUT2D eigenvalue weighted by Gasteiger charge is -2.30. The number of hydrogen-bond donors (Lipinski definition) is 1. The first-order chi connectivity index (χ1) is 19.1. The maximum absolute atomic E-state index is 13.4. The Hall–Kier alpha value is -4.13. The van der Waals surface area contributed by atoms with Gasteiger partial charge in [-0.2, -0.15) is 0 Å². The fourth-order valence-electron chi connectivity index (χ4n) is 4.23. The third-order valence-electron chi connectivity index (χ3n) is 6.03. The summed E-state index contributed by atoms with van der Waals surface area (Å²) in [5.74, 6) is -0.544. The summed E-state index contributed by atoms with van der Waals surface area (Å²) in [6.45, 7) is 6.23. The Morgan fingerprint density at radius 1 is 1.15 bits per heavy atom. The van der Waals surface area contributed by atoms with Crippen LogP contribution < -0.4 is 15.0 Å². The first-order valence-corrected chi connectivity index (χ1v) is 14.2. The number of carbonyl (C=O) groups is 2. The van der Waals surface area contributed by atoms with Crippen molar-refractivity contribution in [3.05, 3.63) is 87.0 Å². The van der Waals surface area contributed by atoms with E-state index in [2.05, 4.69) is 10.3 Å². The molecule has 0 bridgehead atoms. The molecule has 4 aromatic rings. The van der Waals surface area contributed by atoms with Gasteiger partial charge in [0.2, 0.25) is 0 Å². The highest BCUT2D eigenvalue weighted by atomic mass is 32.2. The summed E-state index contributed by atoms with van der Waals surface area (Å²) < 4.78 is 7.09. The first-order valence-electron chi connectivity index (χ1n) is 12.1. The van der Waals surface area contributed by atoms with Crippen LogP contribution in [0.4, 0.5) is 11.4 Å². The summed E-state index contributed by atoms with van der Waals surface area (Å²) in [4.78, 5) is 43.9. The van der Waals surface area contributed by atoms with Gasteiger partial charge in [-0.3, -0.25) is 29.9 Å². The summed E-state index contributed by atoms with van der Waals surface area (Å²) in [5, 5.41) is 14.5. The van der Waals surface area contributed by atoms with Gasteiger partial charge in [0.25, 0.3) is 17.5 Å². The van der Waals surface area contributed by atoms with Crippen LogP contribution in [0.1, 0.15) is 23.6 Å². The van der Waals surface area contributed by atoms with Crippen molar-refractivity contribution in [3.8, 4) is 5.75 Å². The number of fused-ring (bicyclic) bond motifs is 1. The van der Waals surface area contributed by atoms with Crippen LogP contribution in [0.2, 0.25) is 0 Å². The molecule has 1 saturated heterocycles. The number of amides is 2. The second-order valence-corrected chi connectivity index (χ2v) is 11.6. The van der Waals surface area contributed by atoms with Gasteiger partial charge in [-0.25, -0.2) is 4.98 Å². The largest absolute Gasteiger partial charge is 0.494 e. The number of nitrogens with zero attached hydrogens (tertiary/aromatic N) is 3. The van der Waals surface area contributed by atoms with Gasteiger partial charge in [-0.15, -0.1) is 11.3 Å². The van der Waals surface area contributed by atoms with E-state index in [1.807, 2.05) is 51.1 Å². The predicted molar refractivity (Wildman–Crippen MR) is 160 cm³/mol. The van der Waals surface area contributed by atoms with Gasteiger partial charge >= 0.3 is 0 Å². The molecule has 0 aliphatic carbocycles. The zero-order valence-corrected chi connectivity index (χ0v) is 24.0. The number of thiocarbonyl (C=S) groups is 1. The SMILES string of the molecule is CCOc1ccc2nc(Sc3ccc(/C=C4\C(=O)NC(=S)N(c5ccc(C)cc5C)C4=O)cc3[N+](=O)[O-])sc2c1. The van der Waals surface area contributed by atoms with Crippen molar-refractivity contribution in [2.24, 2.45) is 0 Å². The quantitative estimate of drug-likeness (QED) is 0.0889. The molecule has 0 saturated carbocycles. The highest BCUT2D eigenvalue weighted by molar-refractivity contribution is 8.01. The summed E-state index contributed by atoms with van der Waals surface area (Å²) in [6, 6.07) is 15.7. The Kier molecular flexibility index (Phi) is 7.66. The Balaban J connectivity index is 1.46. The number of nitrogens with one attached hydrogen (secondary N) is 1. The van der Waals surface area contributed by atoms with Gasteiger partial charge in [0.15, 0.2) is 9.45 Å². The third-order valence-corrected chi connectivity index (χ3v) is 8.46. The highest BCUT2D eigenvalue weighted by Crippen LogP contribution is 2.40. The maximum atomic E-state index is 13.4. The number of aryl methyl sites for hydroxylation is 2. The smallest absolute Gasteiger partial charge is 0.283 e. The van der Waals surface area contributed by atoms with Crippen LogP contribution in [0.25, 0.3) is 16.3 Å². The Morgan fingerprint density at radius 3 is 2.67 bits per heavy atom. The zero-order chi connectivity index (χ0) is 28.6. The number of benzene rings is 3. The number of thiazole rings is 1. The van der Waals surface area contributed by atoms with Crippen molar-refractivity contribution < 1.29 is 19.2 Å². The van der Waals surface area contributed by atoms with Crippen LogP contribution in [0.3, 0.4) is 0 Å². The van der Waals surface area contributed by atoms with Gasteiger partial charge in [0.05, 0.1) is 32.3 Å². The van der Waals surface area contributed by atoms with Crippen molar-refractivity contribution in [1.82, 2.24) is 10.3 Å². The van der Waals surface area contributed by atoms with E-state index in [1.165, 1.54) is 40.1 Å². The second-order valence-electron chi connectivity index (χ2n) is 8.88. The van der Waals surface area contributed by atoms with Crippen LogP contribution in [-0.2, 0) is 9.59 Å². The lowest BCUT2D eigenvalue weighted by atomic mass is 10.0. The molecule has 0 radical (unpaired) electrons. The molecule has 9 nitrogen and oxygen atoms in total. The molecule has 0 spiro atoms. The van der Waals surface area contributed by atoms with Crippen molar-refractivity contribution in [3.63, 3.8) is 0 Å². The average Bonchev–Trinajstić information content (AvgIpc) is 3.30. The van der Waals surface area contributed by atoms with Crippen molar-refractivity contribution in [2.45, 2.75) is 30.0 Å². The van der Waals surface area contributed by atoms with Crippen LogP contribution in [0.5, 0.6) is 5.75 Å². The minimum atomic E-state index is -0.669. The minimum absolute atomic E-state index is 0.0268. The fourth-order valence-corrected chi connectivity index (χ4v) is 6.64.